The Morgan fingerprint density at radius 2 is 1.81 bits per heavy atom. The second kappa shape index (κ2) is 6.95. The van der Waals surface area contributed by atoms with Crippen LogP contribution in [0.2, 0.25) is 0 Å². The summed E-state index contributed by atoms with van der Waals surface area (Å²) >= 11 is 0. The Kier molecular flexibility index (Phi) is 6.03. The fourth-order valence-corrected chi connectivity index (χ4v) is 3.72. The lowest BCUT2D eigenvalue weighted by atomic mass is 10.0. The molecule has 4 nitrogen and oxygen atoms in total. The molecule has 120 valence electrons. The molecule has 2 N–H and O–H groups in total. The van der Waals surface area contributed by atoms with Crippen LogP contribution >= 0.6 is 12.4 Å². The van der Waals surface area contributed by atoms with Crippen molar-refractivity contribution in [2.45, 2.75) is 36.7 Å². The quantitative estimate of drug-likeness (QED) is 0.881. The van der Waals surface area contributed by atoms with Crippen LogP contribution in [0, 0.1) is 17.5 Å². The second-order valence-electron chi connectivity index (χ2n) is 4.81. The van der Waals surface area contributed by atoms with Crippen molar-refractivity contribution in [3.8, 4) is 0 Å². The molecule has 1 aliphatic heterocycles. The molecule has 0 spiro atoms. The van der Waals surface area contributed by atoms with E-state index in [-0.39, 0.29) is 18.4 Å². The first-order valence-corrected chi connectivity index (χ1v) is 7.70. The van der Waals surface area contributed by atoms with E-state index in [1.165, 1.54) is 0 Å². The van der Waals surface area contributed by atoms with Gasteiger partial charge in [-0.15, -0.1) is 12.4 Å². The third-order valence-electron chi connectivity index (χ3n) is 3.30. The van der Waals surface area contributed by atoms with Crippen molar-refractivity contribution in [3.63, 3.8) is 0 Å². The molecule has 21 heavy (non-hydrogen) atoms. The lowest BCUT2D eigenvalue weighted by Crippen LogP contribution is -2.52. The van der Waals surface area contributed by atoms with E-state index in [0.29, 0.717) is 18.6 Å². The minimum absolute atomic E-state index is 0. The maximum absolute atomic E-state index is 13.5. The van der Waals surface area contributed by atoms with Crippen LogP contribution in [0.25, 0.3) is 0 Å². The molecule has 2 rings (SSSR count). The van der Waals surface area contributed by atoms with Crippen molar-refractivity contribution in [3.05, 3.63) is 29.6 Å². The second-order valence-corrected chi connectivity index (χ2v) is 6.46. The topological polar surface area (TPSA) is 58.2 Å². The van der Waals surface area contributed by atoms with Crippen LogP contribution in [-0.4, -0.2) is 27.0 Å². The maximum atomic E-state index is 13.5. The predicted octanol–water partition coefficient (Wildman–Crippen LogP) is 1.94. The molecule has 0 aliphatic carbocycles. The molecule has 1 aliphatic rings. The van der Waals surface area contributed by atoms with Crippen LogP contribution in [0.4, 0.5) is 13.2 Å². The molecule has 2 unspecified atom stereocenters. The molecule has 0 saturated carbocycles. The Morgan fingerprint density at radius 1 is 1.24 bits per heavy atom. The number of piperidine rings is 1. The molecule has 0 aromatic heterocycles. The number of hydrogen-bond acceptors (Lipinski definition) is 3. The zero-order valence-electron chi connectivity index (χ0n) is 11.2. The number of hydrogen-bond donors (Lipinski definition) is 2. The summed E-state index contributed by atoms with van der Waals surface area (Å²) in [7, 11) is -4.38. The van der Waals surface area contributed by atoms with Crippen LogP contribution < -0.4 is 10.0 Å². The van der Waals surface area contributed by atoms with Gasteiger partial charge in [-0.25, -0.2) is 26.3 Å². The average Bonchev–Trinajstić information content (AvgIpc) is 2.30. The number of benzene rings is 1. The first kappa shape index (κ1) is 18.2. The Bertz CT molecular complexity index is 590. The maximum Gasteiger partial charge on any atom is 0.246 e. The molecule has 0 radical (unpaired) electrons. The van der Waals surface area contributed by atoms with Gasteiger partial charge in [-0.2, -0.15) is 0 Å². The van der Waals surface area contributed by atoms with E-state index in [1.807, 2.05) is 0 Å². The normalized spacial score (nSPS) is 22.7. The Labute approximate surface area is 127 Å². The van der Waals surface area contributed by atoms with Gasteiger partial charge in [0.2, 0.25) is 10.0 Å². The summed E-state index contributed by atoms with van der Waals surface area (Å²) in [5.41, 5.74) is 0. The Hall–Kier alpha value is -0.830. The summed E-state index contributed by atoms with van der Waals surface area (Å²) in [6, 6.07) is 0.0862. The van der Waals surface area contributed by atoms with Crippen LogP contribution in [0.5, 0.6) is 0 Å². The Balaban J connectivity index is 0.00000220. The van der Waals surface area contributed by atoms with Crippen LogP contribution in [-0.2, 0) is 10.0 Å². The van der Waals surface area contributed by atoms with E-state index in [2.05, 4.69) is 10.0 Å². The van der Waals surface area contributed by atoms with Gasteiger partial charge in [0.15, 0.2) is 4.90 Å². The van der Waals surface area contributed by atoms with Gasteiger partial charge in [0.25, 0.3) is 0 Å². The lowest BCUT2D eigenvalue weighted by molar-refractivity contribution is 0.347. The molecule has 2 atom stereocenters. The lowest BCUT2D eigenvalue weighted by Gasteiger charge is -2.30. The van der Waals surface area contributed by atoms with E-state index in [9.17, 15) is 21.6 Å². The van der Waals surface area contributed by atoms with Gasteiger partial charge in [-0.1, -0.05) is 0 Å². The van der Waals surface area contributed by atoms with Gasteiger partial charge in [-0.05, 0) is 26.3 Å². The first-order chi connectivity index (χ1) is 9.31. The van der Waals surface area contributed by atoms with Crippen molar-refractivity contribution < 1.29 is 21.6 Å². The van der Waals surface area contributed by atoms with Crippen molar-refractivity contribution in [1.29, 1.82) is 0 Å². The number of halogens is 4. The van der Waals surface area contributed by atoms with E-state index < -0.39 is 38.4 Å². The molecule has 1 aromatic carbocycles. The van der Waals surface area contributed by atoms with E-state index in [0.717, 1.165) is 13.0 Å². The largest absolute Gasteiger partial charge is 0.313 e. The number of rotatable bonds is 3. The SMILES string of the molecule is CC1NCCCC1NS(=O)(=O)c1c(F)cc(F)cc1F.Cl. The third-order valence-corrected chi connectivity index (χ3v) is 4.84. The van der Waals surface area contributed by atoms with Gasteiger partial charge in [0.1, 0.15) is 17.5 Å². The van der Waals surface area contributed by atoms with Gasteiger partial charge >= 0.3 is 0 Å². The molecule has 1 saturated heterocycles. The summed E-state index contributed by atoms with van der Waals surface area (Å²) in [5.74, 6) is -4.04. The van der Waals surface area contributed by atoms with E-state index >= 15 is 0 Å². The predicted molar refractivity (Wildman–Crippen MR) is 74.4 cm³/mol. The summed E-state index contributed by atoms with van der Waals surface area (Å²) in [6.07, 6.45) is 1.32. The van der Waals surface area contributed by atoms with Gasteiger partial charge < -0.3 is 5.32 Å². The van der Waals surface area contributed by atoms with Crippen molar-refractivity contribution >= 4 is 22.4 Å². The molecule has 1 heterocycles. The van der Waals surface area contributed by atoms with Crippen LogP contribution in [0.3, 0.4) is 0 Å². The molecular formula is C12H16ClF3N2O2S. The summed E-state index contributed by atoms with van der Waals surface area (Å²) in [5, 5.41) is 3.07. The fourth-order valence-electron chi connectivity index (χ4n) is 2.25. The van der Waals surface area contributed by atoms with Crippen molar-refractivity contribution in [2.75, 3.05) is 6.54 Å². The zero-order chi connectivity index (χ0) is 14.9. The standard InChI is InChI=1S/C12H15F3N2O2S.ClH/c1-7-11(3-2-4-16-7)17-20(18,19)12-9(14)5-8(13)6-10(12)15;/h5-7,11,16-17H,2-4H2,1H3;1H. The molecule has 0 bridgehead atoms. The highest BCUT2D eigenvalue weighted by Crippen LogP contribution is 2.21. The highest BCUT2D eigenvalue weighted by molar-refractivity contribution is 7.89. The molecule has 9 heteroatoms. The number of nitrogens with one attached hydrogen (secondary N) is 2. The minimum atomic E-state index is -4.38. The van der Waals surface area contributed by atoms with Gasteiger partial charge in [0, 0.05) is 24.2 Å². The van der Waals surface area contributed by atoms with E-state index in [1.54, 1.807) is 6.92 Å². The van der Waals surface area contributed by atoms with E-state index in [4.69, 9.17) is 0 Å². The summed E-state index contributed by atoms with van der Waals surface area (Å²) in [6.45, 7) is 2.54. The van der Waals surface area contributed by atoms with Gasteiger partial charge in [-0.3, -0.25) is 0 Å². The van der Waals surface area contributed by atoms with Crippen molar-refractivity contribution in [2.24, 2.45) is 0 Å². The average molecular weight is 345 g/mol. The minimum Gasteiger partial charge on any atom is -0.313 e. The highest BCUT2D eigenvalue weighted by Gasteiger charge is 2.30. The van der Waals surface area contributed by atoms with Crippen LogP contribution in [0.15, 0.2) is 17.0 Å². The van der Waals surface area contributed by atoms with Crippen LogP contribution in [0.1, 0.15) is 19.8 Å². The van der Waals surface area contributed by atoms with Gasteiger partial charge in [0.05, 0.1) is 0 Å². The zero-order valence-corrected chi connectivity index (χ0v) is 12.8. The first-order valence-electron chi connectivity index (χ1n) is 6.21. The summed E-state index contributed by atoms with van der Waals surface area (Å²) in [4.78, 5) is -1.14. The molecule has 1 fully saturated rings. The smallest absolute Gasteiger partial charge is 0.246 e. The molecule has 1 aromatic rings. The monoisotopic (exact) mass is 344 g/mol. The fraction of sp³-hybridized carbons (Fsp3) is 0.500. The van der Waals surface area contributed by atoms with Crippen molar-refractivity contribution in [1.82, 2.24) is 10.0 Å². The third kappa shape index (κ3) is 4.09. The Morgan fingerprint density at radius 3 is 2.33 bits per heavy atom. The molecular weight excluding hydrogens is 329 g/mol. The molecule has 0 amide bonds. The summed E-state index contributed by atoms with van der Waals surface area (Å²) < 4.78 is 66.3. The number of sulfonamides is 1. The highest BCUT2D eigenvalue weighted by atomic mass is 35.5.